The zero-order valence-electron chi connectivity index (χ0n) is 23.1. The Morgan fingerprint density at radius 3 is 2.56 bits per heavy atom. The van der Waals surface area contributed by atoms with Crippen LogP contribution in [-0.4, -0.2) is 60.3 Å². The molecule has 7 heteroatoms. The van der Waals surface area contributed by atoms with Gasteiger partial charge in [0, 0.05) is 50.1 Å². The van der Waals surface area contributed by atoms with E-state index in [0.717, 1.165) is 67.2 Å². The van der Waals surface area contributed by atoms with Crippen LogP contribution in [0.4, 0.5) is 17.2 Å². The number of nitrogens with one attached hydrogen (secondary N) is 1. The normalized spacial score (nSPS) is 24.6. The average Bonchev–Trinajstić information content (AvgIpc) is 3.08. The maximum absolute atomic E-state index is 13.9. The number of para-hydroxylation sites is 2. The van der Waals surface area contributed by atoms with Gasteiger partial charge in [0.15, 0.2) is 5.78 Å². The predicted octanol–water partition coefficient (Wildman–Crippen LogP) is 5.03. The highest BCUT2D eigenvalue weighted by Crippen LogP contribution is 2.46. The number of pyridine rings is 1. The first-order valence-electron chi connectivity index (χ1n) is 14.4. The fourth-order valence-corrected chi connectivity index (χ4v) is 6.84. The Bertz CT molecular complexity index is 1290. The third-order valence-electron chi connectivity index (χ3n) is 8.72. The Kier molecular flexibility index (Phi) is 6.92. The van der Waals surface area contributed by atoms with Crippen molar-refractivity contribution in [1.82, 2.24) is 9.88 Å². The molecule has 3 heterocycles. The molecular weight excluding hydrogens is 486 g/mol. The number of fused-ring (bicyclic) bond motifs is 1. The number of rotatable bonds is 4. The second-order valence-corrected chi connectivity index (χ2v) is 12.1. The standard InChI is InChI=1S/C32H39N5O2/c1-32(2)20-25-30(27(38)21-32)31(23-10-4-3-5-11-23)37(26-13-7-6-12-24(26)34-25)22-29(39)36-18-16-35(17-19-36)28-14-8-9-15-33-28/h3-4,6-9,12-15,23,31,34H,5,10-11,16-22H2,1-2H3. The molecule has 0 saturated carbocycles. The van der Waals surface area contributed by atoms with E-state index in [2.05, 4.69) is 58.2 Å². The smallest absolute Gasteiger partial charge is 0.242 e. The van der Waals surface area contributed by atoms with Crippen LogP contribution in [0, 0.1) is 11.3 Å². The number of ketones is 1. The molecule has 39 heavy (non-hydrogen) atoms. The fourth-order valence-electron chi connectivity index (χ4n) is 6.84. The maximum atomic E-state index is 13.9. The summed E-state index contributed by atoms with van der Waals surface area (Å²) >= 11 is 0. The van der Waals surface area contributed by atoms with Gasteiger partial charge in [0.05, 0.1) is 24.0 Å². The topological polar surface area (TPSA) is 68.8 Å². The number of piperazine rings is 1. The van der Waals surface area contributed by atoms with Crippen molar-refractivity contribution in [2.75, 3.05) is 47.8 Å². The number of carbonyl (C=O) groups excluding carboxylic acids is 2. The van der Waals surface area contributed by atoms with E-state index in [1.807, 2.05) is 41.4 Å². The summed E-state index contributed by atoms with van der Waals surface area (Å²) in [4.78, 5) is 38.7. The van der Waals surface area contributed by atoms with Crippen LogP contribution >= 0.6 is 0 Å². The van der Waals surface area contributed by atoms with Crippen LogP contribution in [0.5, 0.6) is 0 Å². The quantitative estimate of drug-likeness (QED) is 0.565. The number of Topliss-reactive ketones (excluding diaryl/α,β-unsaturated/α-hetero) is 1. The van der Waals surface area contributed by atoms with E-state index in [-0.39, 0.29) is 35.6 Å². The van der Waals surface area contributed by atoms with E-state index in [1.165, 1.54) is 0 Å². The predicted molar refractivity (Wildman–Crippen MR) is 156 cm³/mol. The lowest BCUT2D eigenvalue weighted by molar-refractivity contribution is -0.130. The molecule has 7 nitrogen and oxygen atoms in total. The molecule has 1 amide bonds. The van der Waals surface area contributed by atoms with Crippen LogP contribution in [0.1, 0.15) is 46.0 Å². The number of hydrogen-bond acceptors (Lipinski definition) is 6. The lowest BCUT2D eigenvalue weighted by atomic mass is 9.71. The lowest BCUT2D eigenvalue weighted by Gasteiger charge is -2.43. The SMILES string of the molecule is CC1(C)CC(=O)C2=C(C1)Nc1ccccc1N(CC(=O)N1CCN(c3ccccn3)CC1)C2C1CC=CCC1. The average molecular weight is 526 g/mol. The molecule has 1 aromatic heterocycles. The minimum absolute atomic E-state index is 0.0901. The molecule has 204 valence electrons. The van der Waals surface area contributed by atoms with E-state index in [1.54, 1.807) is 0 Å². The fraction of sp³-hybridized carbons (Fsp3) is 0.469. The third kappa shape index (κ3) is 5.19. The van der Waals surface area contributed by atoms with Crippen molar-refractivity contribution >= 4 is 28.9 Å². The van der Waals surface area contributed by atoms with E-state index in [4.69, 9.17) is 0 Å². The zero-order valence-corrected chi connectivity index (χ0v) is 23.1. The van der Waals surface area contributed by atoms with Gasteiger partial charge in [0.2, 0.25) is 5.91 Å². The van der Waals surface area contributed by atoms with Gasteiger partial charge in [-0.1, -0.05) is 44.2 Å². The van der Waals surface area contributed by atoms with Crippen LogP contribution in [-0.2, 0) is 9.59 Å². The first-order chi connectivity index (χ1) is 18.9. The maximum Gasteiger partial charge on any atom is 0.242 e. The molecule has 0 radical (unpaired) electrons. The minimum atomic E-state index is -0.122. The Balaban J connectivity index is 1.32. The summed E-state index contributed by atoms with van der Waals surface area (Å²) in [5.41, 5.74) is 3.85. The summed E-state index contributed by atoms with van der Waals surface area (Å²) in [6.45, 7) is 7.48. The van der Waals surface area contributed by atoms with Crippen LogP contribution in [0.15, 0.2) is 72.1 Å². The summed E-state index contributed by atoms with van der Waals surface area (Å²) in [5, 5.41) is 3.68. The van der Waals surface area contributed by atoms with Crippen LogP contribution in [0.3, 0.4) is 0 Å². The number of hydrogen-bond donors (Lipinski definition) is 1. The number of aromatic nitrogens is 1. The first-order valence-corrected chi connectivity index (χ1v) is 14.4. The molecule has 0 spiro atoms. The van der Waals surface area contributed by atoms with Gasteiger partial charge >= 0.3 is 0 Å². The molecule has 4 aliphatic rings. The number of anilines is 3. The van der Waals surface area contributed by atoms with Gasteiger partial charge < -0.3 is 20.0 Å². The monoisotopic (exact) mass is 525 g/mol. The largest absolute Gasteiger partial charge is 0.357 e. The molecule has 2 aliphatic heterocycles. The summed E-state index contributed by atoms with van der Waals surface area (Å²) in [6, 6.07) is 14.1. The Labute approximate surface area is 231 Å². The highest BCUT2D eigenvalue weighted by atomic mass is 16.2. The van der Waals surface area contributed by atoms with E-state index in [0.29, 0.717) is 19.5 Å². The van der Waals surface area contributed by atoms with Crippen LogP contribution in [0.2, 0.25) is 0 Å². The Hall–Kier alpha value is -3.61. The second-order valence-electron chi connectivity index (χ2n) is 12.1. The van der Waals surface area contributed by atoms with E-state index >= 15 is 0 Å². The zero-order chi connectivity index (χ0) is 27.0. The number of nitrogens with zero attached hydrogens (tertiary/aromatic N) is 4. The molecule has 2 unspecified atom stereocenters. The molecule has 6 rings (SSSR count). The third-order valence-corrected chi connectivity index (χ3v) is 8.72. The first kappa shape index (κ1) is 25.7. The number of carbonyl (C=O) groups is 2. The highest BCUT2D eigenvalue weighted by molar-refractivity contribution is 6.01. The Morgan fingerprint density at radius 2 is 1.82 bits per heavy atom. The lowest BCUT2D eigenvalue weighted by Crippen LogP contribution is -2.54. The molecule has 2 atom stereocenters. The van der Waals surface area contributed by atoms with Crippen molar-refractivity contribution in [1.29, 1.82) is 0 Å². The van der Waals surface area contributed by atoms with E-state index < -0.39 is 0 Å². The number of allylic oxidation sites excluding steroid dienone is 3. The van der Waals surface area contributed by atoms with Gasteiger partial charge in [-0.2, -0.15) is 0 Å². The summed E-state index contributed by atoms with van der Waals surface area (Å²) in [5.74, 6) is 1.59. The van der Waals surface area contributed by atoms with Crippen molar-refractivity contribution in [2.24, 2.45) is 11.3 Å². The number of amides is 1. The van der Waals surface area contributed by atoms with Gasteiger partial charge in [0.25, 0.3) is 0 Å². The van der Waals surface area contributed by atoms with Gasteiger partial charge in [-0.15, -0.1) is 0 Å². The molecule has 2 aromatic rings. The van der Waals surface area contributed by atoms with Gasteiger partial charge in [0.1, 0.15) is 5.82 Å². The molecular formula is C32H39N5O2. The summed E-state index contributed by atoms with van der Waals surface area (Å²) in [6.07, 6.45) is 10.6. The molecule has 1 fully saturated rings. The molecule has 1 saturated heterocycles. The minimum Gasteiger partial charge on any atom is -0.357 e. The van der Waals surface area contributed by atoms with Crippen LogP contribution in [0.25, 0.3) is 0 Å². The second kappa shape index (κ2) is 10.5. The summed E-state index contributed by atoms with van der Waals surface area (Å²) < 4.78 is 0. The van der Waals surface area contributed by atoms with Crippen molar-refractivity contribution in [3.63, 3.8) is 0 Å². The Morgan fingerprint density at radius 1 is 1.03 bits per heavy atom. The van der Waals surface area contributed by atoms with Gasteiger partial charge in [-0.05, 0) is 61.3 Å². The van der Waals surface area contributed by atoms with Crippen molar-refractivity contribution < 1.29 is 9.59 Å². The molecule has 1 N–H and O–H groups in total. The molecule has 2 aliphatic carbocycles. The van der Waals surface area contributed by atoms with Crippen molar-refractivity contribution in [3.05, 3.63) is 72.1 Å². The highest BCUT2D eigenvalue weighted by Gasteiger charge is 2.44. The van der Waals surface area contributed by atoms with Gasteiger partial charge in [-0.3, -0.25) is 9.59 Å². The van der Waals surface area contributed by atoms with E-state index in [9.17, 15) is 9.59 Å². The number of benzene rings is 1. The van der Waals surface area contributed by atoms with Crippen LogP contribution < -0.4 is 15.1 Å². The van der Waals surface area contributed by atoms with Crippen molar-refractivity contribution in [3.8, 4) is 0 Å². The van der Waals surface area contributed by atoms with Gasteiger partial charge in [-0.25, -0.2) is 4.98 Å². The van der Waals surface area contributed by atoms with Crippen molar-refractivity contribution in [2.45, 2.75) is 52.0 Å². The molecule has 1 aromatic carbocycles. The summed E-state index contributed by atoms with van der Waals surface area (Å²) in [7, 11) is 0. The molecule has 0 bridgehead atoms.